The molecule has 0 radical (unpaired) electrons. The van der Waals surface area contributed by atoms with Gasteiger partial charge in [0.15, 0.2) is 0 Å². The second-order valence-corrected chi connectivity index (χ2v) is 7.91. The summed E-state index contributed by atoms with van der Waals surface area (Å²) in [6.07, 6.45) is -1.90. The van der Waals surface area contributed by atoms with Crippen molar-refractivity contribution in [2.45, 2.75) is 70.1 Å². The van der Waals surface area contributed by atoms with E-state index in [0.717, 1.165) is 0 Å². The number of carboxylic acid groups (broad SMARTS) is 2. The normalized spacial score (nSPS) is 14.2. The summed E-state index contributed by atoms with van der Waals surface area (Å²) in [7, 11) is 0. The zero-order chi connectivity index (χ0) is 26.6. The van der Waals surface area contributed by atoms with E-state index < -0.39 is 90.8 Å². The third-order valence-corrected chi connectivity index (χ3v) is 4.59. The summed E-state index contributed by atoms with van der Waals surface area (Å²) >= 11 is 0. The Morgan fingerprint density at radius 3 is 1.74 bits per heavy atom. The molecule has 5 amide bonds. The molecule has 0 aromatic carbocycles. The molecular formula is C19H32N6O9. The van der Waals surface area contributed by atoms with Crippen LogP contribution < -0.4 is 33.2 Å². The largest absolute Gasteiger partial charge is 0.481 e. The summed E-state index contributed by atoms with van der Waals surface area (Å²) < 4.78 is 0. The first-order valence-electron chi connectivity index (χ1n) is 10.3. The maximum absolute atomic E-state index is 12.8. The molecule has 0 fully saturated rings. The molecule has 0 saturated heterocycles. The molecule has 0 aliphatic carbocycles. The topological polar surface area (TPSA) is 274 Å². The van der Waals surface area contributed by atoms with E-state index in [-0.39, 0.29) is 12.8 Å². The number of carbonyl (C=O) groups is 7. The molecule has 0 aromatic rings. The molecule has 0 bridgehead atoms. The number of carboxylic acids is 2. The molecular weight excluding hydrogens is 456 g/mol. The Morgan fingerprint density at radius 2 is 1.29 bits per heavy atom. The van der Waals surface area contributed by atoms with Crippen LogP contribution in [0.1, 0.15) is 46.0 Å². The van der Waals surface area contributed by atoms with Gasteiger partial charge in [0.25, 0.3) is 0 Å². The van der Waals surface area contributed by atoms with Crippen molar-refractivity contribution in [3.63, 3.8) is 0 Å². The van der Waals surface area contributed by atoms with Crippen LogP contribution in [0.15, 0.2) is 0 Å². The summed E-state index contributed by atoms with van der Waals surface area (Å²) in [5, 5.41) is 24.8. The fourth-order valence-electron chi connectivity index (χ4n) is 2.70. The van der Waals surface area contributed by atoms with Crippen molar-refractivity contribution in [1.82, 2.24) is 16.0 Å². The number of hydrogen-bond acceptors (Lipinski definition) is 8. The zero-order valence-corrected chi connectivity index (χ0v) is 18.9. The second kappa shape index (κ2) is 14.4. The first-order chi connectivity index (χ1) is 15.6. The molecule has 4 unspecified atom stereocenters. The van der Waals surface area contributed by atoms with E-state index in [4.69, 9.17) is 27.4 Å². The maximum Gasteiger partial charge on any atom is 0.326 e. The highest BCUT2D eigenvalue weighted by atomic mass is 16.4. The van der Waals surface area contributed by atoms with Gasteiger partial charge in [-0.15, -0.1) is 0 Å². The van der Waals surface area contributed by atoms with Gasteiger partial charge in [-0.05, 0) is 18.8 Å². The molecule has 192 valence electrons. The second-order valence-electron chi connectivity index (χ2n) is 7.91. The lowest BCUT2D eigenvalue weighted by molar-refractivity contribution is -0.144. The average Bonchev–Trinajstić information content (AvgIpc) is 2.71. The number of hydrogen-bond donors (Lipinski definition) is 8. The van der Waals surface area contributed by atoms with Crippen molar-refractivity contribution in [2.24, 2.45) is 23.1 Å². The van der Waals surface area contributed by atoms with Crippen LogP contribution in [-0.2, 0) is 33.6 Å². The highest BCUT2D eigenvalue weighted by Crippen LogP contribution is 2.07. The van der Waals surface area contributed by atoms with Gasteiger partial charge in [0.1, 0.15) is 18.1 Å². The van der Waals surface area contributed by atoms with Crippen LogP contribution in [-0.4, -0.2) is 75.9 Å². The highest BCUT2D eigenvalue weighted by molar-refractivity contribution is 5.95. The Labute approximate surface area is 195 Å². The van der Waals surface area contributed by atoms with Gasteiger partial charge in [0.05, 0.1) is 12.5 Å². The number of rotatable bonds is 16. The molecule has 15 heteroatoms. The Morgan fingerprint density at radius 1 is 0.735 bits per heavy atom. The van der Waals surface area contributed by atoms with Crippen LogP contribution in [0.2, 0.25) is 0 Å². The predicted molar refractivity (Wildman–Crippen MR) is 115 cm³/mol. The number of carbonyl (C=O) groups excluding carboxylic acids is 5. The summed E-state index contributed by atoms with van der Waals surface area (Å²) in [6.45, 7) is 3.16. The van der Waals surface area contributed by atoms with Crippen molar-refractivity contribution >= 4 is 41.5 Å². The summed E-state index contributed by atoms with van der Waals surface area (Å²) in [5.74, 6) is -7.70. The van der Waals surface area contributed by atoms with Crippen LogP contribution >= 0.6 is 0 Å². The Hall–Kier alpha value is -3.75. The maximum atomic E-state index is 12.8. The van der Waals surface area contributed by atoms with E-state index in [2.05, 4.69) is 10.6 Å². The van der Waals surface area contributed by atoms with Gasteiger partial charge in [-0.25, -0.2) is 4.79 Å². The van der Waals surface area contributed by atoms with E-state index in [9.17, 15) is 33.6 Å². The molecule has 4 atom stereocenters. The van der Waals surface area contributed by atoms with Crippen LogP contribution in [0.3, 0.4) is 0 Å². The van der Waals surface area contributed by atoms with E-state index in [1.165, 1.54) is 0 Å². The summed E-state index contributed by atoms with van der Waals surface area (Å²) in [5.41, 5.74) is 15.7. The fraction of sp³-hybridized carbons (Fsp3) is 0.632. The first-order valence-corrected chi connectivity index (χ1v) is 10.3. The number of primary amides is 2. The third-order valence-electron chi connectivity index (χ3n) is 4.59. The van der Waals surface area contributed by atoms with Gasteiger partial charge in [-0.1, -0.05) is 13.8 Å². The van der Waals surface area contributed by atoms with Gasteiger partial charge in [0.2, 0.25) is 29.5 Å². The zero-order valence-electron chi connectivity index (χ0n) is 18.9. The van der Waals surface area contributed by atoms with Gasteiger partial charge in [0, 0.05) is 12.8 Å². The molecule has 11 N–H and O–H groups in total. The fourth-order valence-corrected chi connectivity index (χ4v) is 2.70. The first kappa shape index (κ1) is 30.2. The minimum Gasteiger partial charge on any atom is -0.481 e. The highest BCUT2D eigenvalue weighted by Gasteiger charge is 2.32. The molecule has 0 saturated carbocycles. The number of nitrogens with two attached hydrogens (primary N) is 3. The predicted octanol–water partition coefficient (Wildman–Crippen LogP) is -3.49. The summed E-state index contributed by atoms with van der Waals surface area (Å²) in [4.78, 5) is 81.8. The standard InChI is InChI=1S/C19H32N6O9/c1-8(2)15(25-16(30)9(20)3-5-12(21)26)18(32)23-10(4-6-14(28)29)17(31)24-11(19(33)34)7-13(22)27/h8-11,15H,3-7,20H2,1-2H3,(H2,21,26)(H2,22,27)(H,23,32)(H,24,31)(H,25,30)(H,28,29)(H,33,34). The SMILES string of the molecule is CC(C)C(NC(=O)C(N)CCC(N)=O)C(=O)NC(CCC(=O)O)C(=O)NC(CC(N)=O)C(=O)O. The van der Waals surface area contributed by atoms with Gasteiger partial charge < -0.3 is 43.4 Å². The van der Waals surface area contributed by atoms with Crippen molar-refractivity contribution in [2.75, 3.05) is 0 Å². The number of aliphatic carboxylic acids is 2. The van der Waals surface area contributed by atoms with E-state index in [0.29, 0.717) is 0 Å². The van der Waals surface area contributed by atoms with Crippen LogP contribution in [0.25, 0.3) is 0 Å². The molecule has 0 rings (SSSR count). The minimum absolute atomic E-state index is 0.0618. The van der Waals surface area contributed by atoms with Gasteiger partial charge in [-0.3, -0.25) is 28.8 Å². The smallest absolute Gasteiger partial charge is 0.326 e. The number of nitrogens with one attached hydrogen (secondary N) is 3. The van der Waals surface area contributed by atoms with Crippen molar-refractivity contribution in [3.05, 3.63) is 0 Å². The van der Waals surface area contributed by atoms with E-state index >= 15 is 0 Å². The van der Waals surface area contributed by atoms with Gasteiger partial charge >= 0.3 is 11.9 Å². The summed E-state index contributed by atoms with van der Waals surface area (Å²) in [6, 6.07) is -5.54. The van der Waals surface area contributed by atoms with Gasteiger partial charge in [-0.2, -0.15) is 0 Å². The average molecular weight is 488 g/mol. The lowest BCUT2D eigenvalue weighted by Crippen LogP contribution is -2.58. The molecule has 0 aliphatic rings. The molecule has 0 spiro atoms. The Balaban J connectivity index is 5.49. The van der Waals surface area contributed by atoms with Crippen LogP contribution in [0, 0.1) is 5.92 Å². The van der Waals surface area contributed by atoms with Crippen molar-refractivity contribution in [1.29, 1.82) is 0 Å². The number of amides is 5. The van der Waals surface area contributed by atoms with Crippen molar-refractivity contribution < 1.29 is 43.8 Å². The quantitative estimate of drug-likeness (QED) is 0.106. The van der Waals surface area contributed by atoms with E-state index in [1.54, 1.807) is 13.8 Å². The van der Waals surface area contributed by atoms with Crippen LogP contribution in [0.4, 0.5) is 0 Å². The Kier molecular flexibility index (Phi) is 12.8. The third kappa shape index (κ3) is 11.8. The molecule has 0 aliphatic heterocycles. The molecule has 15 nitrogen and oxygen atoms in total. The monoisotopic (exact) mass is 488 g/mol. The Bertz CT molecular complexity index is 801. The van der Waals surface area contributed by atoms with E-state index in [1.807, 2.05) is 5.32 Å². The lowest BCUT2D eigenvalue weighted by atomic mass is 10.0. The molecule has 34 heavy (non-hydrogen) atoms. The van der Waals surface area contributed by atoms with Crippen LogP contribution in [0.5, 0.6) is 0 Å². The molecule has 0 heterocycles. The molecule has 0 aromatic heterocycles. The lowest BCUT2D eigenvalue weighted by Gasteiger charge is -2.26. The minimum atomic E-state index is -1.70. The van der Waals surface area contributed by atoms with Crippen molar-refractivity contribution in [3.8, 4) is 0 Å².